The summed E-state index contributed by atoms with van der Waals surface area (Å²) in [6, 6.07) is 0. The second-order valence-corrected chi connectivity index (χ2v) is 14.4. The highest BCUT2D eigenvalue weighted by atomic mass is 16.6. The number of carbonyl (C=O) groups is 2. The van der Waals surface area contributed by atoms with E-state index in [-0.39, 0.29) is 5.41 Å². The largest absolute Gasteiger partial charge is 0.505 e. The molecule has 0 spiro atoms. The van der Waals surface area contributed by atoms with Gasteiger partial charge in [-0.05, 0) is 37.5 Å². The molecule has 0 bridgehead atoms. The molecular weight excluding hydrogens is 608 g/mol. The Bertz CT molecular complexity index is 830. The third-order valence-electron chi connectivity index (χ3n) is 10.6. The molecule has 1 aliphatic rings. The molecular formula is C40H76O8. The minimum Gasteiger partial charge on any atom is -0.505 e. The zero-order valence-electron chi connectivity index (χ0n) is 31.7. The highest BCUT2D eigenvalue weighted by Crippen LogP contribution is 2.57. The van der Waals surface area contributed by atoms with E-state index in [0.717, 1.165) is 44.9 Å². The van der Waals surface area contributed by atoms with Crippen molar-refractivity contribution in [3.8, 4) is 0 Å². The smallest absolute Gasteiger partial charge is 0.377 e. The fourth-order valence-corrected chi connectivity index (χ4v) is 7.57. The van der Waals surface area contributed by atoms with Crippen LogP contribution >= 0.6 is 0 Å². The van der Waals surface area contributed by atoms with Crippen molar-refractivity contribution in [2.45, 2.75) is 214 Å². The van der Waals surface area contributed by atoms with Gasteiger partial charge in [0.2, 0.25) is 5.76 Å². The van der Waals surface area contributed by atoms with Crippen LogP contribution in [0.5, 0.6) is 0 Å². The number of carboxylic acids is 1. The van der Waals surface area contributed by atoms with Gasteiger partial charge in [-0.15, -0.1) is 0 Å². The van der Waals surface area contributed by atoms with Gasteiger partial charge in [-0.3, -0.25) is 4.79 Å². The summed E-state index contributed by atoms with van der Waals surface area (Å²) in [7, 11) is 0. The van der Waals surface area contributed by atoms with E-state index in [9.17, 15) is 14.7 Å². The summed E-state index contributed by atoms with van der Waals surface area (Å²) in [5, 5.41) is 46.2. The normalized spacial score (nSPS) is 15.7. The molecule has 1 rings (SSSR count). The second kappa shape index (κ2) is 28.0. The van der Waals surface area contributed by atoms with Gasteiger partial charge in [0, 0.05) is 0 Å². The van der Waals surface area contributed by atoms with Gasteiger partial charge >= 0.3 is 11.9 Å². The first kappa shape index (κ1) is 46.2. The van der Waals surface area contributed by atoms with E-state index in [1.807, 2.05) is 0 Å². The quantitative estimate of drug-likeness (QED) is 0.0371. The van der Waals surface area contributed by atoms with E-state index < -0.39 is 47.7 Å². The lowest BCUT2D eigenvalue weighted by Crippen LogP contribution is -2.48. The zero-order valence-corrected chi connectivity index (χ0v) is 31.7. The maximum Gasteiger partial charge on any atom is 0.377 e. The number of aliphatic hydroxyl groups excluding tert-OH is 4. The average molecular weight is 685 g/mol. The number of carboxylic acid groups (broad SMARTS) is 1. The van der Waals surface area contributed by atoms with Crippen molar-refractivity contribution in [1.82, 2.24) is 0 Å². The first-order valence-electron chi connectivity index (χ1n) is 19.9. The van der Waals surface area contributed by atoms with Crippen LogP contribution in [0.3, 0.4) is 0 Å². The van der Waals surface area contributed by atoms with Gasteiger partial charge in [0.15, 0.2) is 11.9 Å². The van der Waals surface area contributed by atoms with Gasteiger partial charge in [-0.2, -0.15) is 0 Å². The standard InChI is InChI=1S/C34H68O2.C6H8O6/c1-6-11-16-21-24-29-33(27-22-17-12-7-2,28-23-18-13-8-3)34(32(35)36,30-25-19-14-9-4)31-26-20-15-10-5;7-1-2(8)5-3(9)4(10)6(11)12-5/h6-31H2,1-5H3,(H,35,36);2,5,7-10H,1H2/t;2-,5+/m.0/s1. The van der Waals surface area contributed by atoms with Crippen molar-refractivity contribution in [1.29, 1.82) is 0 Å². The third kappa shape index (κ3) is 16.3. The fourth-order valence-electron chi connectivity index (χ4n) is 7.57. The Morgan fingerprint density at radius 3 is 1.25 bits per heavy atom. The Morgan fingerprint density at radius 2 is 0.958 bits per heavy atom. The van der Waals surface area contributed by atoms with E-state index in [0.29, 0.717) is 0 Å². The molecule has 0 fully saturated rings. The van der Waals surface area contributed by atoms with Crippen LogP contribution < -0.4 is 0 Å². The molecule has 0 radical (unpaired) electrons. The number of carbonyl (C=O) groups excluding carboxylic acids is 1. The third-order valence-corrected chi connectivity index (χ3v) is 10.6. The van der Waals surface area contributed by atoms with Crippen molar-refractivity contribution in [3.63, 3.8) is 0 Å². The van der Waals surface area contributed by atoms with Crippen molar-refractivity contribution in [3.05, 3.63) is 11.5 Å². The van der Waals surface area contributed by atoms with Gasteiger partial charge < -0.3 is 30.3 Å². The molecule has 2 atom stereocenters. The number of cyclic esters (lactones) is 1. The molecule has 0 aromatic carbocycles. The lowest BCUT2D eigenvalue weighted by Gasteiger charge is -2.50. The van der Waals surface area contributed by atoms with Gasteiger partial charge in [-0.1, -0.05) is 169 Å². The Morgan fingerprint density at radius 1 is 0.625 bits per heavy atom. The number of hydrogen-bond acceptors (Lipinski definition) is 7. The number of hydrogen-bond donors (Lipinski definition) is 5. The Labute approximate surface area is 294 Å². The SMILES string of the molecule is CCCCCCCC(CCCCCC)(CCCCCC)C(CCCCCC)(CCCCCC)C(=O)O.O=C1O[C@H]([C@@H](O)CO)C(O)=C1O. The molecule has 1 heterocycles. The fraction of sp³-hybridized carbons (Fsp3) is 0.900. The molecule has 284 valence electrons. The average Bonchev–Trinajstić information content (AvgIpc) is 3.34. The van der Waals surface area contributed by atoms with Gasteiger partial charge in [0.1, 0.15) is 6.10 Å². The molecule has 8 heteroatoms. The highest BCUT2D eigenvalue weighted by molar-refractivity contribution is 5.89. The van der Waals surface area contributed by atoms with Crippen molar-refractivity contribution >= 4 is 11.9 Å². The van der Waals surface area contributed by atoms with Crippen LogP contribution in [0.1, 0.15) is 202 Å². The lowest BCUT2D eigenvalue weighted by atomic mass is 9.53. The number of aliphatic carboxylic acids is 1. The summed E-state index contributed by atoms with van der Waals surface area (Å²) in [4.78, 5) is 24.0. The maximum absolute atomic E-state index is 13.5. The van der Waals surface area contributed by atoms with Gasteiger partial charge in [0.25, 0.3) is 0 Å². The summed E-state index contributed by atoms with van der Waals surface area (Å²) in [5.41, 5.74) is -0.553. The predicted octanol–water partition coefficient (Wildman–Crippen LogP) is 10.9. The minimum absolute atomic E-state index is 0.0229. The summed E-state index contributed by atoms with van der Waals surface area (Å²) in [5.74, 6) is -3.23. The molecule has 0 saturated carbocycles. The van der Waals surface area contributed by atoms with Crippen LogP contribution in [-0.2, 0) is 14.3 Å². The van der Waals surface area contributed by atoms with Gasteiger partial charge in [-0.25, -0.2) is 4.79 Å². The number of unbranched alkanes of at least 4 members (excludes halogenated alkanes) is 16. The number of ether oxygens (including phenoxy) is 1. The molecule has 0 aromatic heterocycles. The molecule has 8 nitrogen and oxygen atoms in total. The van der Waals surface area contributed by atoms with E-state index in [1.165, 1.54) is 122 Å². The zero-order chi connectivity index (χ0) is 36.3. The van der Waals surface area contributed by atoms with E-state index in [4.69, 9.17) is 20.4 Å². The van der Waals surface area contributed by atoms with E-state index in [1.54, 1.807) is 0 Å². The van der Waals surface area contributed by atoms with Crippen LogP contribution in [0, 0.1) is 10.8 Å². The molecule has 5 N–H and O–H groups in total. The summed E-state index contributed by atoms with van der Waals surface area (Å²) < 4.78 is 4.32. The number of rotatable bonds is 30. The summed E-state index contributed by atoms with van der Waals surface area (Å²) in [6.07, 6.45) is 28.4. The summed E-state index contributed by atoms with van der Waals surface area (Å²) in [6.45, 7) is 10.7. The van der Waals surface area contributed by atoms with Crippen LogP contribution in [0.2, 0.25) is 0 Å². The van der Waals surface area contributed by atoms with Crippen LogP contribution in [-0.4, -0.2) is 56.3 Å². The predicted molar refractivity (Wildman–Crippen MR) is 196 cm³/mol. The summed E-state index contributed by atoms with van der Waals surface area (Å²) >= 11 is 0. The second-order valence-electron chi connectivity index (χ2n) is 14.4. The maximum atomic E-state index is 13.5. The van der Waals surface area contributed by atoms with Crippen LogP contribution in [0.15, 0.2) is 11.5 Å². The molecule has 0 amide bonds. The first-order valence-corrected chi connectivity index (χ1v) is 19.9. The minimum atomic E-state index is -1.42. The lowest BCUT2D eigenvalue weighted by molar-refractivity contribution is -0.164. The van der Waals surface area contributed by atoms with E-state index in [2.05, 4.69) is 39.4 Å². The number of esters is 1. The van der Waals surface area contributed by atoms with Gasteiger partial charge in [0.05, 0.1) is 12.0 Å². The Balaban J connectivity index is 0.00000153. The van der Waals surface area contributed by atoms with Crippen molar-refractivity contribution < 1.29 is 39.9 Å². The van der Waals surface area contributed by atoms with Crippen LogP contribution in [0.4, 0.5) is 0 Å². The molecule has 48 heavy (non-hydrogen) atoms. The molecule has 1 aliphatic heterocycles. The Kier molecular flexibility index (Phi) is 26.9. The molecule has 0 saturated heterocycles. The highest BCUT2D eigenvalue weighted by Gasteiger charge is 2.54. The number of aliphatic hydroxyl groups is 4. The first-order chi connectivity index (χ1) is 23.1. The van der Waals surface area contributed by atoms with Crippen molar-refractivity contribution in [2.75, 3.05) is 6.61 Å². The van der Waals surface area contributed by atoms with E-state index >= 15 is 0 Å². The monoisotopic (exact) mass is 685 g/mol. The van der Waals surface area contributed by atoms with Crippen molar-refractivity contribution in [2.24, 2.45) is 10.8 Å². The molecule has 0 aromatic rings. The Hall–Kier alpha value is -1.80. The molecule has 0 unspecified atom stereocenters. The van der Waals surface area contributed by atoms with Crippen LogP contribution in [0.25, 0.3) is 0 Å². The topological polar surface area (TPSA) is 145 Å². The molecule has 0 aliphatic carbocycles.